The molecule has 9 nitrogen and oxygen atoms in total. The SMILES string of the molecule is CC(O)(CNC(=O)Cn1ccc(=O)[nH]c1=O)C(=O)O. The highest BCUT2D eigenvalue weighted by Gasteiger charge is 2.30. The Hall–Kier alpha value is -2.42. The lowest BCUT2D eigenvalue weighted by Gasteiger charge is -2.18. The van der Waals surface area contributed by atoms with E-state index in [1.807, 2.05) is 4.98 Å². The van der Waals surface area contributed by atoms with Gasteiger partial charge < -0.3 is 15.5 Å². The van der Waals surface area contributed by atoms with Crippen LogP contribution in [0.4, 0.5) is 0 Å². The number of nitrogens with zero attached hydrogens (tertiary/aromatic N) is 1. The fraction of sp³-hybridized carbons (Fsp3) is 0.400. The van der Waals surface area contributed by atoms with Gasteiger partial charge in [-0.25, -0.2) is 9.59 Å². The van der Waals surface area contributed by atoms with Gasteiger partial charge in [0.2, 0.25) is 5.91 Å². The molecule has 0 saturated heterocycles. The molecule has 0 fully saturated rings. The Balaban J connectivity index is 2.64. The largest absolute Gasteiger partial charge is 0.479 e. The van der Waals surface area contributed by atoms with E-state index in [9.17, 15) is 24.3 Å². The van der Waals surface area contributed by atoms with Crippen molar-refractivity contribution in [3.63, 3.8) is 0 Å². The zero-order chi connectivity index (χ0) is 14.6. The van der Waals surface area contributed by atoms with Crippen molar-refractivity contribution in [2.24, 2.45) is 0 Å². The van der Waals surface area contributed by atoms with Gasteiger partial charge in [-0.05, 0) is 6.92 Å². The number of rotatable bonds is 5. The first kappa shape index (κ1) is 14.6. The van der Waals surface area contributed by atoms with Crippen molar-refractivity contribution in [3.05, 3.63) is 33.1 Å². The smallest absolute Gasteiger partial charge is 0.337 e. The Bertz CT molecular complexity index is 600. The number of carboxylic acids is 1. The van der Waals surface area contributed by atoms with Crippen LogP contribution in [-0.2, 0) is 16.1 Å². The number of aromatic nitrogens is 2. The Kier molecular flexibility index (Phi) is 4.22. The maximum absolute atomic E-state index is 11.5. The lowest BCUT2D eigenvalue weighted by molar-refractivity contribution is -0.156. The number of carboxylic acid groups (broad SMARTS) is 1. The van der Waals surface area contributed by atoms with Crippen molar-refractivity contribution in [3.8, 4) is 0 Å². The third-order valence-electron chi connectivity index (χ3n) is 2.30. The van der Waals surface area contributed by atoms with Crippen LogP contribution in [0.1, 0.15) is 6.92 Å². The molecule has 0 aliphatic carbocycles. The summed E-state index contributed by atoms with van der Waals surface area (Å²) in [5.74, 6) is -2.15. The van der Waals surface area contributed by atoms with Crippen molar-refractivity contribution in [2.75, 3.05) is 6.54 Å². The summed E-state index contributed by atoms with van der Waals surface area (Å²) in [7, 11) is 0. The van der Waals surface area contributed by atoms with Crippen molar-refractivity contribution in [1.82, 2.24) is 14.9 Å². The molecule has 104 valence electrons. The molecule has 1 amide bonds. The Morgan fingerprint density at radius 2 is 2.11 bits per heavy atom. The first-order valence-electron chi connectivity index (χ1n) is 5.24. The number of carbonyl (C=O) groups is 2. The quantitative estimate of drug-likeness (QED) is 0.466. The second-order valence-corrected chi connectivity index (χ2v) is 4.09. The van der Waals surface area contributed by atoms with Gasteiger partial charge in [0.25, 0.3) is 5.56 Å². The van der Waals surface area contributed by atoms with Crippen LogP contribution in [-0.4, -0.2) is 43.8 Å². The molecule has 1 heterocycles. The van der Waals surface area contributed by atoms with E-state index in [-0.39, 0.29) is 0 Å². The standard InChI is InChI=1S/C10H13N3O6/c1-10(19,8(16)17)5-11-7(15)4-13-3-2-6(14)12-9(13)18/h2-3,19H,4-5H2,1H3,(H,11,15)(H,16,17)(H,12,14,18). The number of nitrogens with one attached hydrogen (secondary N) is 2. The van der Waals surface area contributed by atoms with Gasteiger partial charge in [0.1, 0.15) is 6.54 Å². The second-order valence-electron chi connectivity index (χ2n) is 4.09. The molecule has 0 saturated carbocycles. The summed E-state index contributed by atoms with van der Waals surface area (Å²) < 4.78 is 0.937. The molecule has 0 aromatic carbocycles. The van der Waals surface area contributed by atoms with Crippen LogP contribution in [0.2, 0.25) is 0 Å². The fourth-order valence-corrected chi connectivity index (χ4v) is 1.13. The summed E-state index contributed by atoms with van der Waals surface area (Å²) in [6, 6.07) is 1.07. The summed E-state index contributed by atoms with van der Waals surface area (Å²) in [4.78, 5) is 46.1. The Labute approximate surface area is 106 Å². The van der Waals surface area contributed by atoms with Gasteiger partial charge in [0.05, 0.1) is 6.54 Å². The highest BCUT2D eigenvalue weighted by atomic mass is 16.4. The van der Waals surface area contributed by atoms with Gasteiger partial charge >= 0.3 is 11.7 Å². The number of aliphatic hydroxyl groups is 1. The summed E-state index contributed by atoms with van der Waals surface area (Å²) >= 11 is 0. The van der Waals surface area contributed by atoms with Crippen LogP contribution in [0.5, 0.6) is 0 Å². The average Bonchev–Trinajstić information content (AvgIpc) is 2.30. The van der Waals surface area contributed by atoms with Gasteiger partial charge in [-0.2, -0.15) is 0 Å². The molecule has 9 heteroatoms. The molecule has 1 rings (SSSR count). The van der Waals surface area contributed by atoms with Crippen molar-refractivity contribution < 1.29 is 19.8 Å². The third-order valence-corrected chi connectivity index (χ3v) is 2.30. The van der Waals surface area contributed by atoms with Crippen molar-refractivity contribution in [2.45, 2.75) is 19.1 Å². The number of H-pyrrole nitrogens is 1. The summed E-state index contributed by atoms with van der Waals surface area (Å²) in [5, 5.41) is 20.2. The minimum atomic E-state index is -2.09. The topological polar surface area (TPSA) is 141 Å². The molecule has 1 unspecified atom stereocenters. The maximum atomic E-state index is 11.5. The van der Waals surface area contributed by atoms with Gasteiger partial charge in [0, 0.05) is 12.3 Å². The first-order chi connectivity index (χ1) is 8.72. The van der Waals surface area contributed by atoms with E-state index in [2.05, 4.69) is 5.32 Å². The van der Waals surface area contributed by atoms with Crippen LogP contribution in [0, 0.1) is 0 Å². The minimum Gasteiger partial charge on any atom is -0.479 e. The Morgan fingerprint density at radius 1 is 1.47 bits per heavy atom. The minimum absolute atomic E-state index is 0.398. The molecule has 1 atom stereocenters. The van der Waals surface area contributed by atoms with Crippen LogP contribution in [0.3, 0.4) is 0 Å². The van der Waals surface area contributed by atoms with Crippen LogP contribution < -0.4 is 16.6 Å². The summed E-state index contributed by atoms with van der Waals surface area (Å²) in [5.41, 5.74) is -3.44. The number of hydrogen-bond acceptors (Lipinski definition) is 5. The number of aliphatic carboxylic acids is 1. The number of carbonyl (C=O) groups excluding carboxylic acids is 1. The van der Waals surface area contributed by atoms with Gasteiger partial charge in [-0.3, -0.25) is 19.1 Å². The monoisotopic (exact) mass is 271 g/mol. The van der Waals surface area contributed by atoms with E-state index in [1.165, 1.54) is 0 Å². The van der Waals surface area contributed by atoms with Gasteiger partial charge in [-0.1, -0.05) is 0 Å². The molecule has 19 heavy (non-hydrogen) atoms. The summed E-state index contributed by atoms with van der Waals surface area (Å²) in [6.07, 6.45) is 1.14. The molecule has 1 aromatic rings. The molecule has 0 aliphatic rings. The van der Waals surface area contributed by atoms with Crippen molar-refractivity contribution >= 4 is 11.9 Å². The highest BCUT2D eigenvalue weighted by molar-refractivity contribution is 5.80. The van der Waals surface area contributed by atoms with Crippen molar-refractivity contribution in [1.29, 1.82) is 0 Å². The zero-order valence-electron chi connectivity index (χ0n) is 10.0. The molecular formula is C10H13N3O6. The van der Waals surface area contributed by atoms with Gasteiger partial charge in [0.15, 0.2) is 5.60 Å². The fourth-order valence-electron chi connectivity index (χ4n) is 1.13. The van der Waals surface area contributed by atoms with E-state index < -0.39 is 41.8 Å². The van der Waals surface area contributed by atoms with E-state index in [4.69, 9.17) is 5.11 Å². The first-order valence-corrected chi connectivity index (χ1v) is 5.24. The normalized spacial score (nSPS) is 13.6. The predicted molar refractivity (Wildman–Crippen MR) is 62.6 cm³/mol. The number of aromatic amines is 1. The van der Waals surface area contributed by atoms with Crippen LogP contribution >= 0.6 is 0 Å². The summed E-state index contributed by atoms with van der Waals surface area (Å²) in [6.45, 7) is 0.131. The molecule has 0 aliphatic heterocycles. The van der Waals surface area contributed by atoms with E-state index in [1.54, 1.807) is 0 Å². The maximum Gasteiger partial charge on any atom is 0.337 e. The lowest BCUT2D eigenvalue weighted by atomic mass is 10.1. The average molecular weight is 271 g/mol. The lowest BCUT2D eigenvalue weighted by Crippen LogP contribution is -2.47. The second kappa shape index (κ2) is 5.48. The molecule has 0 spiro atoms. The highest BCUT2D eigenvalue weighted by Crippen LogP contribution is 2.00. The predicted octanol–water partition coefficient (Wildman–Crippen LogP) is -2.51. The zero-order valence-corrected chi connectivity index (χ0v) is 10.0. The van der Waals surface area contributed by atoms with Crippen LogP contribution in [0.15, 0.2) is 21.9 Å². The van der Waals surface area contributed by atoms with Crippen LogP contribution in [0.25, 0.3) is 0 Å². The van der Waals surface area contributed by atoms with E-state index in [0.29, 0.717) is 0 Å². The molecule has 0 bridgehead atoms. The number of hydrogen-bond donors (Lipinski definition) is 4. The number of amides is 1. The molecule has 1 aromatic heterocycles. The molecular weight excluding hydrogens is 258 g/mol. The van der Waals surface area contributed by atoms with E-state index in [0.717, 1.165) is 23.8 Å². The van der Waals surface area contributed by atoms with E-state index >= 15 is 0 Å². The molecule has 0 radical (unpaired) electrons. The van der Waals surface area contributed by atoms with Gasteiger partial charge in [-0.15, -0.1) is 0 Å². The Morgan fingerprint density at radius 3 is 2.63 bits per heavy atom. The third kappa shape index (κ3) is 4.07. The molecule has 4 N–H and O–H groups in total.